The van der Waals surface area contributed by atoms with Gasteiger partial charge < -0.3 is 0 Å². The fourth-order valence-corrected chi connectivity index (χ4v) is 3.11. The van der Waals surface area contributed by atoms with E-state index < -0.39 is 10.8 Å². The van der Waals surface area contributed by atoms with Crippen LogP contribution in [0.1, 0.15) is 32.3 Å². The maximum Gasteiger partial charge on any atom is 0.158 e. The summed E-state index contributed by atoms with van der Waals surface area (Å²) in [6, 6.07) is 7.54. The van der Waals surface area contributed by atoms with Crippen LogP contribution >= 0.6 is 23.2 Å². The first-order chi connectivity index (χ1) is 8.82. The van der Waals surface area contributed by atoms with Crippen molar-refractivity contribution in [2.45, 2.75) is 33.1 Å². The molecule has 1 unspecified atom stereocenters. The molecule has 0 amide bonds. The Morgan fingerprint density at radius 2 is 2.00 bits per heavy atom. The van der Waals surface area contributed by atoms with Gasteiger partial charge in [0.15, 0.2) is 5.78 Å². The van der Waals surface area contributed by atoms with Crippen molar-refractivity contribution >= 4 is 29.0 Å². The third-order valence-electron chi connectivity index (χ3n) is 3.96. The predicted octanol–water partition coefficient (Wildman–Crippen LogP) is 4.43. The molecule has 0 heterocycles. The van der Waals surface area contributed by atoms with E-state index in [0.29, 0.717) is 22.9 Å². The third kappa shape index (κ3) is 2.38. The highest BCUT2D eigenvalue weighted by molar-refractivity contribution is 6.42. The van der Waals surface area contributed by atoms with Gasteiger partial charge in [0.05, 0.1) is 16.1 Å². The Hall–Kier alpha value is -1.04. The summed E-state index contributed by atoms with van der Waals surface area (Å²) in [7, 11) is 0. The molecule has 1 aromatic carbocycles. The standard InChI is InChI=1S/C15H15Cl2NO/c1-14(2)6-7-15(9-18,13(14)19)8-10-4-3-5-11(16)12(10)17/h3-5H,6-8H2,1-2H3. The summed E-state index contributed by atoms with van der Waals surface area (Å²) < 4.78 is 0. The number of carbonyl (C=O) groups is 1. The second-order valence-electron chi connectivity index (χ2n) is 5.80. The number of rotatable bonds is 2. The summed E-state index contributed by atoms with van der Waals surface area (Å²) in [6.07, 6.45) is 1.65. The third-order valence-corrected chi connectivity index (χ3v) is 4.82. The fourth-order valence-electron chi connectivity index (χ4n) is 2.73. The number of ketones is 1. The number of hydrogen-bond acceptors (Lipinski definition) is 2. The molecule has 2 nitrogen and oxygen atoms in total. The van der Waals surface area contributed by atoms with E-state index in [4.69, 9.17) is 23.2 Å². The molecule has 0 bridgehead atoms. The summed E-state index contributed by atoms with van der Waals surface area (Å²) in [4.78, 5) is 12.5. The molecule has 19 heavy (non-hydrogen) atoms. The number of nitriles is 1. The first-order valence-electron chi connectivity index (χ1n) is 6.21. The lowest BCUT2D eigenvalue weighted by atomic mass is 9.77. The Balaban J connectivity index is 2.39. The van der Waals surface area contributed by atoms with E-state index in [2.05, 4.69) is 6.07 Å². The normalized spacial score (nSPS) is 25.3. The van der Waals surface area contributed by atoms with Crippen molar-refractivity contribution in [1.82, 2.24) is 0 Å². The van der Waals surface area contributed by atoms with Crippen molar-refractivity contribution in [2.75, 3.05) is 0 Å². The Labute approximate surface area is 123 Å². The second-order valence-corrected chi connectivity index (χ2v) is 6.58. The van der Waals surface area contributed by atoms with Crippen LogP contribution in [0.3, 0.4) is 0 Å². The topological polar surface area (TPSA) is 40.9 Å². The zero-order chi connectivity index (χ0) is 14.3. The summed E-state index contributed by atoms with van der Waals surface area (Å²) >= 11 is 12.1. The lowest BCUT2D eigenvalue weighted by molar-refractivity contribution is -0.130. The quantitative estimate of drug-likeness (QED) is 0.809. The van der Waals surface area contributed by atoms with Crippen LogP contribution in [0.15, 0.2) is 18.2 Å². The van der Waals surface area contributed by atoms with Crippen LogP contribution < -0.4 is 0 Å². The summed E-state index contributed by atoms with van der Waals surface area (Å²) in [6.45, 7) is 3.79. The highest BCUT2D eigenvalue weighted by atomic mass is 35.5. The molecule has 1 atom stereocenters. The molecule has 2 rings (SSSR count). The molecule has 0 saturated heterocycles. The van der Waals surface area contributed by atoms with Crippen LogP contribution in [0.5, 0.6) is 0 Å². The molecule has 4 heteroatoms. The number of hydrogen-bond donors (Lipinski definition) is 0. The maximum absolute atomic E-state index is 12.5. The van der Waals surface area contributed by atoms with Crippen LogP contribution in [-0.2, 0) is 11.2 Å². The zero-order valence-electron chi connectivity index (χ0n) is 11.0. The molecule has 1 aliphatic carbocycles. The number of carbonyl (C=O) groups excluding carboxylic acids is 1. The second kappa shape index (κ2) is 4.81. The van der Waals surface area contributed by atoms with Gasteiger partial charge in [0.2, 0.25) is 0 Å². The van der Waals surface area contributed by atoms with Gasteiger partial charge in [-0.15, -0.1) is 0 Å². The first-order valence-corrected chi connectivity index (χ1v) is 6.97. The molecule has 1 aliphatic rings. The van der Waals surface area contributed by atoms with Crippen molar-refractivity contribution in [3.05, 3.63) is 33.8 Å². The SMILES string of the molecule is CC1(C)CCC(C#N)(Cc2cccc(Cl)c2Cl)C1=O. The lowest BCUT2D eigenvalue weighted by Gasteiger charge is -2.23. The molecular weight excluding hydrogens is 281 g/mol. The molecule has 100 valence electrons. The van der Waals surface area contributed by atoms with Gasteiger partial charge in [-0.3, -0.25) is 4.79 Å². The monoisotopic (exact) mass is 295 g/mol. The lowest BCUT2D eigenvalue weighted by Crippen LogP contribution is -2.33. The molecular formula is C15H15Cl2NO. The van der Waals surface area contributed by atoms with Gasteiger partial charge in [-0.1, -0.05) is 49.2 Å². The van der Waals surface area contributed by atoms with Gasteiger partial charge >= 0.3 is 0 Å². The molecule has 1 fully saturated rings. The molecule has 1 saturated carbocycles. The number of Topliss-reactive ketones (excluding diaryl/α,β-unsaturated/α-hetero) is 1. The maximum atomic E-state index is 12.5. The van der Waals surface area contributed by atoms with Gasteiger partial charge in [0, 0.05) is 5.41 Å². The van der Waals surface area contributed by atoms with E-state index in [1.807, 2.05) is 19.9 Å². The van der Waals surface area contributed by atoms with Crippen LogP contribution in [-0.4, -0.2) is 5.78 Å². The molecule has 0 N–H and O–H groups in total. The minimum Gasteiger partial charge on any atom is -0.297 e. The van der Waals surface area contributed by atoms with Gasteiger partial charge in [-0.2, -0.15) is 5.26 Å². The van der Waals surface area contributed by atoms with Gasteiger partial charge in [-0.25, -0.2) is 0 Å². The van der Waals surface area contributed by atoms with E-state index in [0.717, 1.165) is 12.0 Å². The summed E-state index contributed by atoms with van der Waals surface area (Å²) in [5.41, 5.74) is -0.625. The van der Waals surface area contributed by atoms with Gasteiger partial charge in [-0.05, 0) is 30.9 Å². The minimum atomic E-state index is -0.960. The van der Waals surface area contributed by atoms with Crippen molar-refractivity contribution < 1.29 is 4.79 Å². The van der Waals surface area contributed by atoms with E-state index in [9.17, 15) is 10.1 Å². The van der Waals surface area contributed by atoms with Crippen molar-refractivity contribution in [3.63, 3.8) is 0 Å². The van der Waals surface area contributed by atoms with Crippen molar-refractivity contribution in [3.8, 4) is 6.07 Å². The Morgan fingerprint density at radius 1 is 1.32 bits per heavy atom. The molecule has 0 aromatic heterocycles. The summed E-state index contributed by atoms with van der Waals surface area (Å²) in [5.74, 6) is 0.0125. The Kier molecular flexibility index (Phi) is 3.64. The first kappa shape index (κ1) is 14.4. The molecule has 0 radical (unpaired) electrons. The van der Waals surface area contributed by atoms with Crippen LogP contribution in [0.4, 0.5) is 0 Å². The van der Waals surface area contributed by atoms with E-state index >= 15 is 0 Å². The highest BCUT2D eigenvalue weighted by Crippen LogP contribution is 2.48. The van der Waals surface area contributed by atoms with Gasteiger partial charge in [0.25, 0.3) is 0 Å². The smallest absolute Gasteiger partial charge is 0.158 e. The van der Waals surface area contributed by atoms with E-state index in [1.54, 1.807) is 12.1 Å². The van der Waals surface area contributed by atoms with Crippen LogP contribution in [0, 0.1) is 22.2 Å². The molecule has 0 aliphatic heterocycles. The number of halogens is 2. The predicted molar refractivity (Wildman–Crippen MR) is 76.2 cm³/mol. The average molecular weight is 296 g/mol. The Bertz CT molecular complexity index is 574. The van der Waals surface area contributed by atoms with Crippen LogP contribution in [0.2, 0.25) is 10.0 Å². The average Bonchev–Trinajstić information content (AvgIpc) is 2.60. The highest BCUT2D eigenvalue weighted by Gasteiger charge is 2.52. The number of benzene rings is 1. The molecule has 0 spiro atoms. The Morgan fingerprint density at radius 3 is 2.53 bits per heavy atom. The fraction of sp³-hybridized carbons (Fsp3) is 0.467. The van der Waals surface area contributed by atoms with Gasteiger partial charge in [0.1, 0.15) is 5.41 Å². The molecule has 1 aromatic rings. The largest absolute Gasteiger partial charge is 0.297 e. The van der Waals surface area contributed by atoms with Crippen molar-refractivity contribution in [2.24, 2.45) is 10.8 Å². The number of nitrogens with zero attached hydrogens (tertiary/aromatic N) is 1. The zero-order valence-corrected chi connectivity index (χ0v) is 12.5. The van der Waals surface area contributed by atoms with Crippen LogP contribution in [0.25, 0.3) is 0 Å². The van der Waals surface area contributed by atoms with E-state index in [1.165, 1.54) is 0 Å². The van der Waals surface area contributed by atoms with E-state index in [-0.39, 0.29) is 5.78 Å². The minimum absolute atomic E-state index is 0.0125. The summed E-state index contributed by atoms with van der Waals surface area (Å²) in [5, 5.41) is 10.4. The van der Waals surface area contributed by atoms with Crippen molar-refractivity contribution in [1.29, 1.82) is 5.26 Å².